The van der Waals surface area contributed by atoms with E-state index >= 15 is 0 Å². The van der Waals surface area contributed by atoms with Crippen molar-refractivity contribution >= 4 is 5.91 Å². The molecule has 1 atom stereocenters. The predicted molar refractivity (Wildman–Crippen MR) is 103 cm³/mol. The Balaban J connectivity index is 1.58. The molecule has 0 radical (unpaired) electrons. The summed E-state index contributed by atoms with van der Waals surface area (Å²) in [5, 5.41) is 10.2. The summed E-state index contributed by atoms with van der Waals surface area (Å²) >= 11 is 0. The number of H-pyrrole nitrogens is 1. The summed E-state index contributed by atoms with van der Waals surface area (Å²) in [6, 6.07) is 7.88. The number of hydrogen-bond donors (Lipinski definition) is 2. The highest BCUT2D eigenvalue weighted by Crippen LogP contribution is 2.19. The lowest BCUT2D eigenvalue weighted by Crippen LogP contribution is -2.43. The van der Waals surface area contributed by atoms with Gasteiger partial charge in [0, 0.05) is 49.5 Å². The minimum absolute atomic E-state index is 0.0522. The highest BCUT2D eigenvalue weighted by Gasteiger charge is 2.18. The Morgan fingerprint density at radius 1 is 1.19 bits per heavy atom. The monoisotopic (exact) mass is 355 g/mol. The number of aromatic amines is 1. The van der Waals surface area contributed by atoms with Gasteiger partial charge >= 0.3 is 0 Å². The van der Waals surface area contributed by atoms with Crippen molar-refractivity contribution in [2.24, 2.45) is 0 Å². The summed E-state index contributed by atoms with van der Waals surface area (Å²) in [6.07, 6.45) is 0. The molecule has 2 aromatic rings. The number of carbonyl (C=O) groups excluding carboxylic acids is 1. The van der Waals surface area contributed by atoms with E-state index in [1.807, 2.05) is 32.9 Å². The van der Waals surface area contributed by atoms with Gasteiger partial charge in [-0.2, -0.15) is 5.10 Å². The Morgan fingerprint density at radius 3 is 2.42 bits per heavy atom. The second kappa shape index (κ2) is 8.01. The van der Waals surface area contributed by atoms with E-state index in [-0.39, 0.29) is 11.9 Å². The molecular weight excluding hydrogens is 326 g/mol. The zero-order chi connectivity index (χ0) is 18.7. The molecule has 26 heavy (non-hydrogen) atoms. The van der Waals surface area contributed by atoms with Crippen molar-refractivity contribution < 1.29 is 4.79 Å². The molecule has 3 rings (SSSR count). The molecular formula is C20H29N5O. The number of benzene rings is 1. The molecule has 1 aliphatic rings. The third kappa shape index (κ3) is 4.31. The topological polar surface area (TPSA) is 64.3 Å². The third-order valence-corrected chi connectivity index (χ3v) is 5.18. The molecule has 0 saturated carbocycles. The summed E-state index contributed by atoms with van der Waals surface area (Å²) in [6.45, 7) is 11.3. The molecule has 0 aliphatic carbocycles. The Kier molecular flexibility index (Phi) is 5.74. The summed E-state index contributed by atoms with van der Waals surface area (Å²) in [4.78, 5) is 17.4. The van der Waals surface area contributed by atoms with E-state index in [1.165, 1.54) is 5.56 Å². The van der Waals surface area contributed by atoms with E-state index in [2.05, 4.69) is 44.5 Å². The lowest BCUT2D eigenvalue weighted by molar-refractivity contribution is 0.0939. The Morgan fingerprint density at radius 2 is 1.85 bits per heavy atom. The number of aromatic nitrogens is 2. The predicted octanol–water partition coefficient (Wildman–Crippen LogP) is 2.26. The van der Waals surface area contributed by atoms with Gasteiger partial charge < -0.3 is 10.2 Å². The van der Waals surface area contributed by atoms with Crippen LogP contribution in [-0.4, -0.2) is 59.1 Å². The first-order valence-corrected chi connectivity index (χ1v) is 9.26. The van der Waals surface area contributed by atoms with Crippen LogP contribution >= 0.6 is 0 Å². The van der Waals surface area contributed by atoms with Crippen molar-refractivity contribution in [3.63, 3.8) is 0 Å². The number of likely N-dealkylation sites (N-methyl/N-ethyl adjacent to an activating group) is 1. The molecule has 0 unspecified atom stereocenters. The molecule has 6 nitrogen and oxygen atoms in total. The average Bonchev–Trinajstić information content (AvgIpc) is 2.96. The first-order chi connectivity index (χ1) is 12.4. The van der Waals surface area contributed by atoms with Crippen molar-refractivity contribution in [2.75, 3.05) is 33.2 Å². The number of nitrogens with zero attached hydrogens (tertiary/aromatic N) is 3. The fourth-order valence-corrected chi connectivity index (χ4v) is 3.58. The van der Waals surface area contributed by atoms with E-state index < -0.39 is 0 Å². The van der Waals surface area contributed by atoms with Crippen LogP contribution in [0.5, 0.6) is 0 Å². The molecule has 1 saturated heterocycles. The van der Waals surface area contributed by atoms with Crippen LogP contribution in [0.15, 0.2) is 24.3 Å². The summed E-state index contributed by atoms with van der Waals surface area (Å²) in [7, 11) is 2.16. The molecule has 140 valence electrons. The normalized spacial score (nSPS) is 17.2. The highest BCUT2D eigenvalue weighted by molar-refractivity contribution is 5.94. The first-order valence-electron chi connectivity index (χ1n) is 9.26. The number of hydrogen-bond acceptors (Lipinski definition) is 4. The molecule has 6 heteroatoms. The van der Waals surface area contributed by atoms with Gasteiger partial charge in [-0.25, -0.2) is 0 Å². The zero-order valence-electron chi connectivity index (χ0n) is 16.2. The van der Waals surface area contributed by atoms with E-state index in [4.69, 9.17) is 0 Å². The second-order valence-electron chi connectivity index (χ2n) is 7.32. The lowest BCUT2D eigenvalue weighted by Gasteiger charge is -2.32. The largest absolute Gasteiger partial charge is 0.345 e. The van der Waals surface area contributed by atoms with Crippen LogP contribution < -0.4 is 5.32 Å². The molecule has 0 bridgehead atoms. The molecule has 2 N–H and O–H groups in total. The first kappa shape index (κ1) is 18.6. The van der Waals surface area contributed by atoms with Gasteiger partial charge in [-0.05, 0) is 45.5 Å². The molecule has 1 aromatic carbocycles. The minimum Gasteiger partial charge on any atom is -0.345 e. The van der Waals surface area contributed by atoms with Gasteiger partial charge in [0.15, 0.2) is 0 Å². The third-order valence-electron chi connectivity index (χ3n) is 5.18. The molecule has 2 heterocycles. The smallest absolute Gasteiger partial charge is 0.251 e. The van der Waals surface area contributed by atoms with Gasteiger partial charge in [-0.3, -0.25) is 14.8 Å². The van der Waals surface area contributed by atoms with Crippen LogP contribution in [0.1, 0.15) is 45.8 Å². The van der Waals surface area contributed by atoms with Gasteiger partial charge in [0.2, 0.25) is 0 Å². The van der Waals surface area contributed by atoms with Crippen LogP contribution in [0.4, 0.5) is 0 Å². The summed E-state index contributed by atoms with van der Waals surface area (Å²) < 4.78 is 0. The molecule has 0 spiro atoms. The van der Waals surface area contributed by atoms with Crippen LogP contribution in [0.3, 0.4) is 0 Å². The van der Waals surface area contributed by atoms with E-state index in [0.717, 1.165) is 49.7 Å². The van der Waals surface area contributed by atoms with Crippen molar-refractivity contribution in [1.29, 1.82) is 0 Å². The maximum absolute atomic E-state index is 12.6. The number of piperazine rings is 1. The average molecular weight is 355 g/mol. The maximum atomic E-state index is 12.6. The highest BCUT2D eigenvalue weighted by atomic mass is 16.1. The van der Waals surface area contributed by atoms with E-state index in [0.29, 0.717) is 5.56 Å². The standard InChI is InChI=1S/C20H29N5O/c1-14(19-15(2)22-23-16(19)3)21-20(26)18-7-5-17(6-8-18)13-25-11-9-24(4)10-12-25/h5-8,14H,9-13H2,1-4H3,(H,21,26)(H,22,23)/t14-/m1/s1. The van der Waals surface area contributed by atoms with Crippen molar-refractivity contribution in [3.8, 4) is 0 Å². The van der Waals surface area contributed by atoms with Crippen molar-refractivity contribution in [1.82, 2.24) is 25.3 Å². The second-order valence-corrected chi connectivity index (χ2v) is 7.32. The van der Waals surface area contributed by atoms with Crippen LogP contribution in [0.25, 0.3) is 0 Å². The van der Waals surface area contributed by atoms with Crippen LogP contribution in [-0.2, 0) is 6.54 Å². The number of amides is 1. The van der Waals surface area contributed by atoms with Gasteiger partial charge in [-0.1, -0.05) is 12.1 Å². The quantitative estimate of drug-likeness (QED) is 0.864. The van der Waals surface area contributed by atoms with E-state index in [1.54, 1.807) is 0 Å². The van der Waals surface area contributed by atoms with Crippen LogP contribution in [0.2, 0.25) is 0 Å². The molecule has 1 aromatic heterocycles. The van der Waals surface area contributed by atoms with Crippen molar-refractivity contribution in [3.05, 3.63) is 52.3 Å². The molecule has 1 fully saturated rings. The number of nitrogens with one attached hydrogen (secondary N) is 2. The fraction of sp³-hybridized carbons (Fsp3) is 0.500. The minimum atomic E-state index is -0.0775. The Hall–Kier alpha value is -2.18. The fourth-order valence-electron chi connectivity index (χ4n) is 3.58. The van der Waals surface area contributed by atoms with Gasteiger partial charge in [0.1, 0.15) is 0 Å². The van der Waals surface area contributed by atoms with Gasteiger partial charge in [0.25, 0.3) is 5.91 Å². The van der Waals surface area contributed by atoms with E-state index in [9.17, 15) is 4.79 Å². The molecule has 1 amide bonds. The molecule has 1 aliphatic heterocycles. The zero-order valence-corrected chi connectivity index (χ0v) is 16.2. The summed E-state index contributed by atoms with van der Waals surface area (Å²) in [5.41, 5.74) is 4.93. The Bertz CT molecular complexity index is 725. The lowest BCUT2D eigenvalue weighted by atomic mass is 10.1. The SMILES string of the molecule is Cc1n[nH]c(C)c1[C@@H](C)NC(=O)c1ccc(CN2CCN(C)CC2)cc1. The maximum Gasteiger partial charge on any atom is 0.251 e. The van der Waals surface area contributed by atoms with Crippen LogP contribution in [0, 0.1) is 13.8 Å². The summed E-state index contributed by atoms with van der Waals surface area (Å²) in [5.74, 6) is -0.0522. The number of carbonyl (C=O) groups is 1. The number of aryl methyl sites for hydroxylation is 2. The van der Waals surface area contributed by atoms with Gasteiger partial charge in [0.05, 0.1) is 11.7 Å². The number of rotatable bonds is 5. The van der Waals surface area contributed by atoms with Crippen molar-refractivity contribution in [2.45, 2.75) is 33.4 Å². The van der Waals surface area contributed by atoms with Gasteiger partial charge in [-0.15, -0.1) is 0 Å². The Labute approximate surface area is 155 Å².